The van der Waals surface area contributed by atoms with E-state index in [2.05, 4.69) is 94.1 Å². The molecule has 4 nitrogen and oxygen atoms in total. The highest BCUT2D eigenvalue weighted by molar-refractivity contribution is 5.25. The van der Waals surface area contributed by atoms with Gasteiger partial charge in [-0.2, -0.15) is 0 Å². The lowest BCUT2D eigenvalue weighted by Gasteiger charge is -2.58. The largest absolute Gasteiger partial charge is 0.380 e. The van der Waals surface area contributed by atoms with Gasteiger partial charge in [0.1, 0.15) is 0 Å². The maximum absolute atomic E-state index is 6.77. The first kappa shape index (κ1) is 55.9. The van der Waals surface area contributed by atoms with E-state index in [1.165, 1.54) is 167 Å². The zero-order chi connectivity index (χ0) is 48.1. The Morgan fingerprint density at radius 1 is 0.627 bits per heavy atom. The van der Waals surface area contributed by atoms with Crippen molar-refractivity contribution >= 4 is 0 Å². The number of hydrogen-bond donors (Lipinski definition) is 0. The van der Waals surface area contributed by atoms with Gasteiger partial charge in [0, 0.05) is 31.9 Å². The Labute approximate surface area is 418 Å². The van der Waals surface area contributed by atoms with E-state index in [1.54, 1.807) is 5.57 Å². The maximum atomic E-state index is 6.77. The van der Waals surface area contributed by atoms with Crippen molar-refractivity contribution in [1.82, 2.24) is 4.90 Å². The summed E-state index contributed by atoms with van der Waals surface area (Å²) in [5.41, 5.74) is 2.79. The summed E-state index contributed by atoms with van der Waals surface area (Å²) >= 11 is 0. The molecule has 0 N–H and O–H groups in total. The molecule has 0 bridgehead atoms. The van der Waals surface area contributed by atoms with Gasteiger partial charge in [-0.25, -0.2) is 0 Å². The number of fused-ring (bicyclic) bond motifs is 5. The Morgan fingerprint density at radius 2 is 1.22 bits per heavy atom. The van der Waals surface area contributed by atoms with Gasteiger partial charge in [-0.15, -0.1) is 0 Å². The van der Waals surface area contributed by atoms with Crippen LogP contribution in [0.2, 0.25) is 0 Å². The van der Waals surface area contributed by atoms with E-state index >= 15 is 0 Å². The van der Waals surface area contributed by atoms with Crippen molar-refractivity contribution < 1.29 is 14.2 Å². The van der Waals surface area contributed by atoms with Gasteiger partial charge in [-0.05, 0) is 178 Å². The third-order valence-electron chi connectivity index (χ3n) is 21.0. The highest BCUT2D eigenvalue weighted by Crippen LogP contribution is 2.67. The number of hydrogen-bond acceptors (Lipinski definition) is 4. The summed E-state index contributed by atoms with van der Waals surface area (Å²) < 4.78 is 20.1. The Hall–Kier alpha value is -0.420. The molecule has 6 rings (SSSR count). The lowest BCUT2D eigenvalue weighted by molar-refractivity contribution is -0.0909. The van der Waals surface area contributed by atoms with Crippen molar-refractivity contribution in [1.29, 1.82) is 0 Å². The van der Waals surface area contributed by atoms with Gasteiger partial charge in [-0.3, -0.25) is 4.90 Å². The summed E-state index contributed by atoms with van der Waals surface area (Å²) in [6.45, 7) is 34.6. The third kappa shape index (κ3) is 14.6. The smallest absolute Gasteiger partial charge is 0.0644 e. The van der Waals surface area contributed by atoms with Crippen LogP contribution in [0.25, 0.3) is 0 Å². The van der Waals surface area contributed by atoms with Crippen LogP contribution in [0.1, 0.15) is 250 Å². The molecular formula is C63H115NO3. The predicted octanol–water partition coefficient (Wildman–Crippen LogP) is 17.6. The second-order valence-electron chi connectivity index (χ2n) is 26.9. The lowest BCUT2D eigenvalue weighted by Crippen LogP contribution is -2.61. The molecule has 4 heteroatoms. The van der Waals surface area contributed by atoms with E-state index in [-0.39, 0.29) is 0 Å². The van der Waals surface area contributed by atoms with Crippen molar-refractivity contribution in [2.45, 2.75) is 274 Å². The van der Waals surface area contributed by atoms with Gasteiger partial charge in [-0.1, -0.05) is 165 Å². The SMILES string of the molecule is CCCCCOC[C@@H](COCCCCCCCCO[C@H]1CC[C@@]2(C)C(=CC[C@H]3[C@@H]4CC[C@H]([C@H](C)CCCC(C)C)[C@@]4(C)CC[C@@H]32)C1)N(C1CC(C)CCC1C(C)C)C1CC(C)CCC1C(C)C. The van der Waals surface area contributed by atoms with E-state index in [1.807, 2.05) is 0 Å². The Morgan fingerprint density at radius 3 is 1.82 bits per heavy atom. The summed E-state index contributed by atoms with van der Waals surface area (Å²) in [5.74, 6) is 10.1. The first-order chi connectivity index (χ1) is 32.2. The summed E-state index contributed by atoms with van der Waals surface area (Å²) in [5, 5.41) is 0. The second kappa shape index (κ2) is 27.0. The average molecular weight is 935 g/mol. The zero-order valence-corrected chi connectivity index (χ0v) is 46.9. The van der Waals surface area contributed by atoms with Gasteiger partial charge in [0.2, 0.25) is 0 Å². The standard InChI is InChI=1S/C63H115NO3/c1-13-14-19-37-65-43-52(64(60-40-48(8)25-28-54(60)46(4)5)61-41-49(9)26-29-55(61)47(6)7)44-66-38-20-17-15-16-18-21-39-67-53-33-35-62(11)51(42-53)27-30-56-58-32-31-57(50(10)24-22-23-45(2)3)63(58,12)36-34-59(56)62/h27,45-50,52-61H,13-26,28-44H2,1-12H3/t48?,49?,50-,52+,53+,54?,55?,56+,57-,58+,59+,60?,61?,62+,63-/m1/s1. The predicted molar refractivity (Wildman–Crippen MR) is 288 cm³/mol. The van der Waals surface area contributed by atoms with Crippen LogP contribution >= 0.6 is 0 Å². The van der Waals surface area contributed by atoms with Gasteiger partial charge in [0.05, 0.1) is 25.4 Å². The van der Waals surface area contributed by atoms with Crippen molar-refractivity contribution in [3.05, 3.63) is 11.6 Å². The fourth-order valence-corrected chi connectivity index (χ4v) is 16.9. The van der Waals surface area contributed by atoms with Crippen LogP contribution in [-0.4, -0.2) is 62.2 Å². The molecule has 0 heterocycles. The minimum Gasteiger partial charge on any atom is -0.380 e. The highest BCUT2D eigenvalue weighted by atomic mass is 16.5. The van der Waals surface area contributed by atoms with E-state index < -0.39 is 0 Å². The molecule has 6 aliphatic rings. The number of unbranched alkanes of at least 4 members (excludes halogenated alkanes) is 7. The van der Waals surface area contributed by atoms with Gasteiger partial charge < -0.3 is 14.2 Å². The molecular weight excluding hydrogens is 819 g/mol. The van der Waals surface area contributed by atoms with E-state index in [0.717, 1.165) is 104 Å². The van der Waals surface area contributed by atoms with Crippen molar-refractivity contribution in [3.63, 3.8) is 0 Å². The molecule has 0 spiro atoms. The number of allylic oxidation sites excluding steroid dienone is 1. The fraction of sp³-hybridized carbons (Fsp3) is 0.968. The second-order valence-corrected chi connectivity index (χ2v) is 26.9. The van der Waals surface area contributed by atoms with Gasteiger partial charge in [0.25, 0.3) is 0 Å². The average Bonchev–Trinajstić information content (AvgIpc) is 3.65. The molecule has 6 aliphatic carbocycles. The summed E-state index contributed by atoms with van der Waals surface area (Å²) in [6, 6.07) is 1.62. The Balaban J connectivity index is 0.920. The van der Waals surface area contributed by atoms with Crippen LogP contribution in [0.3, 0.4) is 0 Å². The first-order valence-electron chi connectivity index (χ1n) is 30.4. The highest BCUT2D eigenvalue weighted by Gasteiger charge is 2.59. The van der Waals surface area contributed by atoms with E-state index in [4.69, 9.17) is 14.2 Å². The minimum absolute atomic E-state index is 0.348. The lowest BCUT2D eigenvalue weighted by atomic mass is 9.47. The molecule has 15 atom stereocenters. The molecule has 390 valence electrons. The number of nitrogens with zero attached hydrogens (tertiary/aromatic N) is 1. The Bertz CT molecular complexity index is 1390. The van der Waals surface area contributed by atoms with Gasteiger partial charge >= 0.3 is 0 Å². The summed E-state index contributed by atoms with van der Waals surface area (Å²) in [7, 11) is 0. The molecule has 0 saturated heterocycles. The molecule has 67 heavy (non-hydrogen) atoms. The topological polar surface area (TPSA) is 30.9 Å². The quantitative estimate of drug-likeness (QED) is 0.0578. The van der Waals surface area contributed by atoms with Crippen molar-refractivity contribution in [3.8, 4) is 0 Å². The normalized spacial score (nSPS) is 36.6. The molecule has 0 aromatic rings. The van der Waals surface area contributed by atoms with Crippen LogP contribution < -0.4 is 0 Å². The van der Waals surface area contributed by atoms with Crippen LogP contribution in [-0.2, 0) is 14.2 Å². The maximum Gasteiger partial charge on any atom is 0.0644 e. The summed E-state index contributed by atoms with van der Waals surface area (Å²) in [6.07, 6.45) is 38.2. The fourth-order valence-electron chi connectivity index (χ4n) is 16.9. The first-order valence-corrected chi connectivity index (χ1v) is 30.4. The summed E-state index contributed by atoms with van der Waals surface area (Å²) in [4.78, 5) is 3.10. The minimum atomic E-state index is 0.348. The molecule has 6 unspecified atom stereocenters. The number of rotatable bonds is 28. The Kier molecular flexibility index (Phi) is 22.6. The molecule has 0 amide bonds. The third-order valence-corrected chi connectivity index (χ3v) is 21.0. The van der Waals surface area contributed by atoms with Crippen LogP contribution in [0, 0.1) is 81.8 Å². The molecule has 0 aliphatic heterocycles. The number of ether oxygens (including phenoxy) is 3. The molecule has 5 fully saturated rings. The molecule has 5 saturated carbocycles. The van der Waals surface area contributed by atoms with Crippen LogP contribution in [0.15, 0.2) is 11.6 Å². The molecule has 0 aromatic heterocycles. The van der Waals surface area contributed by atoms with Crippen LogP contribution in [0.5, 0.6) is 0 Å². The van der Waals surface area contributed by atoms with E-state index in [9.17, 15) is 0 Å². The van der Waals surface area contributed by atoms with Crippen molar-refractivity contribution in [2.24, 2.45) is 81.8 Å². The zero-order valence-electron chi connectivity index (χ0n) is 46.9. The molecule has 0 radical (unpaired) electrons. The molecule has 0 aromatic carbocycles. The van der Waals surface area contributed by atoms with Gasteiger partial charge in [0.15, 0.2) is 0 Å². The van der Waals surface area contributed by atoms with Crippen molar-refractivity contribution in [2.75, 3.05) is 33.0 Å². The van der Waals surface area contributed by atoms with Crippen LogP contribution in [0.4, 0.5) is 0 Å². The van der Waals surface area contributed by atoms with E-state index in [0.29, 0.717) is 35.1 Å². The monoisotopic (exact) mass is 934 g/mol.